The van der Waals surface area contributed by atoms with Gasteiger partial charge >= 0.3 is 0 Å². The zero-order chi connectivity index (χ0) is 11.1. The maximum absolute atomic E-state index is 11.2. The molecule has 0 bridgehead atoms. The van der Waals surface area contributed by atoms with E-state index in [1.807, 2.05) is 12.1 Å². The molecule has 0 saturated heterocycles. The Balaban J connectivity index is 2.34. The fourth-order valence-electron chi connectivity index (χ4n) is 0.960. The van der Waals surface area contributed by atoms with Crippen molar-refractivity contribution >= 4 is 27.5 Å². The van der Waals surface area contributed by atoms with Gasteiger partial charge in [0.05, 0.1) is 13.2 Å². The largest absolute Gasteiger partial charge is 0.394 e. The van der Waals surface area contributed by atoms with E-state index in [4.69, 9.17) is 9.84 Å². The first kappa shape index (κ1) is 12.2. The van der Waals surface area contributed by atoms with Gasteiger partial charge in [-0.3, -0.25) is 4.79 Å². The second kappa shape index (κ2) is 6.55. The standard InChI is InChI=1S/C10H12BrNO3/c11-8-1-3-9(4-2-8)12-10(14)7-15-6-5-13/h1-4,13H,5-7H2,(H,12,14). The number of carbonyl (C=O) groups is 1. The molecule has 1 aromatic carbocycles. The minimum absolute atomic E-state index is 0.0450. The zero-order valence-corrected chi connectivity index (χ0v) is 9.66. The summed E-state index contributed by atoms with van der Waals surface area (Å²) in [6.07, 6.45) is 0. The second-order valence-corrected chi connectivity index (χ2v) is 3.75. The first-order valence-corrected chi connectivity index (χ1v) is 5.25. The van der Waals surface area contributed by atoms with Crippen LogP contribution in [0.4, 0.5) is 5.69 Å². The van der Waals surface area contributed by atoms with Crippen LogP contribution in [0.2, 0.25) is 0 Å². The zero-order valence-electron chi connectivity index (χ0n) is 8.07. The van der Waals surface area contributed by atoms with Crippen LogP contribution in [0.3, 0.4) is 0 Å². The van der Waals surface area contributed by atoms with Gasteiger partial charge in [-0.05, 0) is 24.3 Å². The molecule has 0 saturated carbocycles. The molecule has 15 heavy (non-hydrogen) atoms. The number of carbonyl (C=O) groups excluding carboxylic acids is 1. The quantitative estimate of drug-likeness (QED) is 0.798. The van der Waals surface area contributed by atoms with E-state index in [0.717, 1.165) is 10.2 Å². The Kier molecular flexibility index (Phi) is 5.31. The lowest BCUT2D eigenvalue weighted by Crippen LogP contribution is -2.19. The number of aliphatic hydroxyl groups excluding tert-OH is 1. The van der Waals surface area contributed by atoms with E-state index >= 15 is 0 Å². The van der Waals surface area contributed by atoms with Gasteiger partial charge < -0.3 is 15.2 Å². The van der Waals surface area contributed by atoms with Crippen LogP contribution in [-0.4, -0.2) is 30.8 Å². The number of halogens is 1. The highest BCUT2D eigenvalue weighted by Gasteiger charge is 2.01. The predicted octanol–water partition coefficient (Wildman–Crippen LogP) is 1.40. The van der Waals surface area contributed by atoms with E-state index in [1.165, 1.54) is 0 Å². The van der Waals surface area contributed by atoms with Gasteiger partial charge in [-0.25, -0.2) is 0 Å². The maximum Gasteiger partial charge on any atom is 0.250 e. The summed E-state index contributed by atoms with van der Waals surface area (Å²) in [6.45, 7) is 0.0515. The second-order valence-electron chi connectivity index (χ2n) is 2.83. The third-order valence-corrected chi connectivity index (χ3v) is 2.13. The van der Waals surface area contributed by atoms with Crippen LogP contribution >= 0.6 is 15.9 Å². The highest BCUT2D eigenvalue weighted by Crippen LogP contribution is 2.13. The lowest BCUT2D eigenvalue weighted by molar-refractivity contribution is -0.120. The Hall–Kier alpha value is -0.910. The van der Waals surface area contributed by atoms with Crippen LogP contribution in [0.5, 0.6) is 0 Å². The number of benzene rings is 1. The van der Waals surface area contributed by atoms with Gasteiger partial charge in [-0.2, -0.15) is 0 Å². The highest BCUT2D eigenvalue weighted by molar-refractivity contribution is 9.10. The molecule has 0 unspecified atom stereocenters. The van der Waals surface area contributed by atoms with Crippen LogP contribution in [0, 0.1) is 0 Å². The Bertz CT molecular complexity index is 313. The summed E-state index contributed by atoms with van der Waals surface area (Å²) in [5.74, 6) is -0.231. The lowest BCUT2D eigenvalue weighted by atomic mass is 10.3. The van der Waals surface area contributed by atoms with Crippen molar-refractivity contribution in [2.24, 2.45) is 0 Å². The predicted molar refractivity (Wildman–Crippen MR) is 60.7 cm³/mol. The molecule has 82 valence electrons. The van der Waals surface area contributed by atoms with Gasteiger partial charge in [-0.1, -0.05) is 15.9 Å². The van der Waals surface area contributed by atoms with Gasteiger partial charge in [0.2, 0.25) is 5.91 Å². The van der Waals surface area contributed by atoms with E-state index in [2.05, 4.69) is 21.2 Å². The smallest absolute Gasteiger partial charge is 0.250 e. The Labute approximate surface area is 96.4 Å². The molecular weight excluding hydrogens is 262 g/mol. The molecule has 1 amide bonds. The third-order valence-electron chi connectivity index (χ3n) is 1.60. The van der Waals surface area contributed by atoms with Crippen molar-refractivity contribution in [1.82, 2.24) is 0 Å². The van der Waals surface area contributed by atoms with Crippen LogP contribution in [0.15, 0.2) is 28.7 Å². The fraction of sp³-hybridized carbons (Fsp3) is 0.300. The number of anilines is 1. The van der Waals surface area contributed by atoms with E-state index in [9.17, 15) is 4.79 Å². The molecule has 1 rings (SSSR count). The number of amides is 1. The number of ether oxygens (including phenoxy) is 1. The average molecular weight is 274 g/mol. The molecule has 0 atom stereocenters. The number of hydrogen-bond acceptors (Lipinski definition) is 3. The number of hydrogen-bond donors (Lipinski definition) is 2. The van der Waals surface area contributed by atoms with Crippen molar-refractivity contribution in [2.45, 2.75) is 0 Å². The number of nitrogens with one attached hydrogen (secondary N) is 1. The molecule has 0 aliphatic heterocycles. The van der Waals surface area contributed by atoms with E-state index in [1.54, 1.807) is 12.1 Å². The van der Waals surface area contributed by atoms with Crippen LogP contribution in [0.1, 0.15) is 0 Å². The van der Waals surface area contributed by atoms with Crippen LogP contribution < -0.4 is 5.32 Å². The van der Waals surface area contributed by atoms with Gasteiger partial charge in [-0.15, -0.1) is 0 Å². The van der Waals surface area contributed by atoms with Crippen molar-refractivity contribution in [3.63, 3.8) is 0 Å². The summed E-state index contributed by atoms with van der Waals surface area (Å²) in [7, 11) is 0. The van der Waals surface area contributed by atoms with Crippen molar-refractivity contribution in [1.29, 1.82) is 0 Å². The van der Waals surface area contributed by atoms with Crippen molar-refractivity contribution in [2.75, 3.05) is 25.1 Å². The third kappa shape index (κ3) is 4.92. The summed E-state index contributed by atoms with van der Waals surface area (Å²) in [4.78, 5) is 11.2. The molecule has 2 N–H and O–H groups in total. The van der Waals surface area contributed by atoms with E-state index in [0.29, 0.717) is 0 Å². The van der Waals surface area contributed by atoms with Gasteiger partial charge in [0.15, 0.2) is 0 Å². The van der Waals surface area contributed by atoms with Crippen molar-refractivity contribution in [3.05, 3.63) is 28.7 Å². The fourth-order valence-corrected chi connectivity index (χ4v) is 1.22. The molecule has 0 spiro atoms. The molecule has 1 aromatic rings. The number of rotatable bonds is 5. The minimum Gasteiger partial charge on any atom is -0.394 e. The van der Waals surface area contributed by atoms with Crippen LogP contribution in [-0.2, 0) is 9.53 Å². The monoisotopic (exact) mass is 273 g/mol. The van der Waals surface area contributed by atoms with E-state index in [-0.39, 0.29) is 25.7 Å². The molecule has 5 heteroatoms. The molecule has 0 fully saturated rings. The summed E-state index contributed by atoms with van der Waals surface area (Å²) in [5, 5.41) is 11.1. The summed E-state index contributed by atoms with van der Waals surface area (Å²) >= 11 is 3.30. The molecule has 0 aliphatic rings. The van der Waals surface area contributed by atoms with E-state index < -0.39 is 0 Å². The number of aliphatic hydroxyl groups is 1. The molecular formula is C10H12BrNO3. The highest BCUT2D eigenvalue weighted by atomic mass is 79.9. The minimum atomic E-state index is -0.231. The maximum atomic E-state index is 11.2. The Morgan fingerprint density at radius 1 is 1.40 bits per heavy atom. The van der Waals surface area contributed by atoms with Gasteiger partial charge in [0.25, 0.3) is 0 Å². The molecule has 0 aliphatic carbocycles. The molecule has 0 heterocycles. The first-order valence-electron chi connectivity index (χ1n) is 4.46. The topological polar surface area (TPSA) is 58.6 Å². The molecule has 0 aromatic heterocycles. The van der Waals surface area contributed by atoms with Gasteiger partial charge in [0.1, 0.15) is 6.61 Å². The SMILES string of the molecule is O=C(COCCO)Nc1ccc(Br)cc1. The van der Waals surface area contributed by atoms with Crippen LogP contribution in [0.25, 0.3) is 0 Å². The Morgan fingerprint density at radius 3 is 2.67 bits per heavy atom. The summed E-state index contributed by atoms with van der Waals surface area (Å²) in [6, 6.07) is 7.25. The van der Waals surface area contributed by atoms with Gasteiger partial charge in [0, 0.05) is 10.2 Å². The Morgan fingerprint density at radius 2 is 2.07 bits per heavy atom. The lowest BCUT2D eigenvalue weighted by Gasteiger charge is -2.05. The molecule has 4 nitrogen and oxygen atoms in total. The summed E-state index contributed by atoms with van der Waals surface area (Å²) in [5.41, 5.74) is 0.718. The average Bonchev–Trinajstić information content (AvgIpc) is 2.22. The van der Waals surface area contributed by atoms with Crippen molar-refractivity contribution < 1.29 is 14.6 Å². The molecule has 0 radical (unpaired) electrons. The van der Waals surface area contributed by atoms with Crippen molar-refractivity contribution in [3.8, 4) is 0 Å². The summed E-state index contributed by atoms with van der Waals surface area (Å²) < 4.78 is 5.82. The first-order chi connectivity index (χ1) is 7.22. The normalized spacial score (nSPS) is 10.0.